The van der Waals surface area contributed by atoms with E-state index in [4.69, 9.17) is 0 Å². The number of hydroxylamine groups is 2. The van der Waals surface area contributed by atoms with Gasteiger partial charge in [0.1, 0.15) is 5.82 Å². The number of halogens is 1. The van der Waals surface area contributed by atoms with Gasteiger partial charge in [-0.2, -0.15) is 0 Å². The summed E-state index contributed by atoms with van der Waals surface area (Å²) in [6.07, 6.45) is 6.19. The van der Waals surface area contributed by atoms with E-state index in [0.717, 1.165) is 23.8 Å². The van der Waals surface area contributed by atoms with Crippen molar-refractivity contribution in [3.8, 4) is 0 Å². The van der Waals surface area contributed by atoms with E-state index in [0.29, 0.717) is 24.5 Å². The highest BCUT2D eigenvalue weighted by molar-refractivity contribution is 5.47. The zero-order chi connectivity index (χ0) is 16.2. The normalized spacial score (nSPS) is 17.7. The van der Waals surface area contributed by atoms with Crippen molar-refractivity contribution < 1.29 is 9.60 Å². The lowest BCUT2D eigenvalue weighted by Gasteiger charge is -2.37. The molecule has 1 saturated heterocycles. The topological polar surface area (TPSA) is 59.4 Å². The van der Waals surface area contributed by atoms with Crippen LogP contribution in [0.5, 0.6) is 0 Å². The maximum Gasteiger partial charge on any atom is 0.180 e. The van der Waals surface area contributed by atoms with Crippen molar-refractivity contribution >= 4 is 5.69 Å². The summed E-state index contributed by atoms with van der Waals surface area (Å²) in [5, 5.41) is 13.3. The minimum atomic E-state index is -0.252. The number of piperazine rings is 1. The lowest BCUT2D eigenvalue weighted by atomic mass is 10.2. The molecule has 6 nitrogen and oxygen atoms in total. The summed E-state index contributed by atoms with van der Waals surface area (Å²) in [4.78, 5) is 15.3. The van der Waals surface area contributed by atoms with Gasteiger partial charge in [-0.3, -0.25) is 5.21 Å². The molecule has 0 amide bonds. The Kier molecular flexibility index (Phi) is 4.38. The highest BCUT2D eigenvalue weighted by Crippen LogP contribution is 2.22. The van der Waals surface area contributed by atoms with Crippen molar-refractivity contribution in [2.24, 2.45) is 5.18 Å². The zero-order valence-electron chi connectivity index (χ0n) is 12.5. The standard InChI is InChI=1S/C16H17FN4O2/c17-14-1-3-15(4-2-14)19-9-11-20(12-10-19)16(18-22)13-5-7-21(23)8-6-13/h1-8,23H,9-12H2. The van der Waals surface area contributed by atoms with Gasteiger partial charge >= 0.3 is 0 Å². The summed E-state index contributed by atoms with van der Waals surface area (Å²) in [6, 6.07) is 6.40. The van der Waals surface area contributed by atoms with Crippen LogP contribution in [0.3, 0.4) is 0 Å². The van der Waals surface area contributed by atoms with Crippen molar-refractivity contribution in [1.29, 1.82) is 0 Å². The average Bonchev–Trinajstić information content (AvgIpc) is 2.59. The Balaban J connectivity index is 1.69. The summed E-state index contributed by atoms with van der Waals surface area (Å²) in [5.74, 6) is 0.114. The Morgan fingerprint density at radius 3 is 2.22 bits per heavy atom. The lowest BCUT2D eigenvalue weighted by molar-refractivity contribution is 0.0104. The van der Waals surface area contributed by atoms with E-state index in [-0.39, 0.29) is 5.82 Å². The number of hydrogen-bond donors (Lipinski definition) is 1. The SMILES string of the molecule is O=NC(=C1C=CN(O)C=C1)N1CCN(c2ccc(F)cc2)CC1. The van der Waals surface area contributed by atoms with Crippen LogP contribution in [0.25, 0.3) is 0 Å². The Morgan fingerprint density at radius 2 is 1.65 bits per heavy atom. The fourth-order valence-corrected chi connectivity index (χ4v) is 2.69. The summed E-state index contributed by atoms with van der Waals surface area (Å²) in [5.41, 5.74) is 1.63. The van der Waals surface area contributed by atoms with Crippen LogP contribution < -0.4 is 4.90 Å². The molecule has 0 aliphatic carbocycles. The Labute approximate surface area is 133 Å². The van der Waals surface area contributed by atoms with Crippen LogP contribution in [0.15, 0.2) is 65.4 Å². The number of rotatable bonds is 3. The zero-order valence-corrected chi connectivity index (χ0v) is 12.5. The first-order valence-corrected chi connectivity index (χ1v) is 7.34. The molecule has 0 atom stereocenters. The van der Waals surface area contributed by atoms with E-state index >= 15 is 0 Å². The second-order valence-corrected chi connectivity index (χ2v) is 5.33. The molecule has 1 aromatic carbocycles. The fraction of sp³-hybridized carbons (Fsp3) is 0.250. The van der Waals surface area contributed by atoms with E-state index in [1.54, 1.807) is 24.3 Å². The minimum Gasteiger partial charge on any atom is -0.368 e. The molecule has 2 aliphatic rings. The van der Waals surface area contributed by atoms with E-state index in [9.17, 15) is 14.5 Å². The van der Waals surface area contributed by atoms with Gasteiger partial charge in [-0.15, -0.1) is 4.91 Å². The predicted molar refractivity (Wildman–Crippen MR) is 84.9 cm³/mol. The van der Waals surface area contributed by atoms with Crippen molar-refractivity contribution in [2.75, 3.05) is 31.1 Å². The Morgan fingerprint density at radius 1 is 1.04 bits per heavy atom. The van der Waals surface area contributed by atoms with Crippen LogP contribution in [0.4, 0.5) is 10.1 Å². The second-order valence-electron chi connectivity index (χ2n) is 5.33. The van der Waals surface area contributed by atoms with Crippen LogP contribution >= 0.6 is 0 Å². The molecule has 2 heterocycles. The molecule has 23 heavy (non-hydrogen) atoms. The number of benzene rings is 1. The Bertz CT molecular complexity index is 645. The molecule has 3 rings (SSSR count). The van der Waals surface area contributed by atoms with Crippen molar-refractivity contribution in [2.45, 2.75) is 0 Å². The molecular formula is C16H17FN4O2. The van der Waals surface area contributed by atoms with Crippen LogP contribution in [-0.2, 0) is 0 Å². The molecule has 1 fully saturated rings. The molecule has 0 spiro atoms. The van der Waals surface area contributed by atoms with Crippen LogP contribution in [0, 0.1) is 10.7 Å². The van der Waals surface area contributed by atoms with E-state index < -0.39 is 0 Å². The molecule has 0 bridgehead atoms. The van der Waals surface area contributed by atoms with Gasteiger partial charge in [-0.25, -0.2) is 9.45 Å². The molecule has 7 heteroatoms. The quantitative estimate of drug-likeness (QED) is 0.869. The smallest absolute Gasteiger partial charge is 0.180 e. The first-order valence-electron chi connectivity index (χ1n) is 7.34. The highest BCUT2D eigenvalue weighted by atomic mass is 19.1. The van der Waals surface area contributed by atoms with Gasteiger partial charge in [0.2, 0.25) is 0 Å². The maximum absolute atomic E-state index is 13.0. The van der Waals surface area contributed by atoms with Crippen molar-refractivity contribution in [3.05, 3.63) is 70.9 Å². The maximum atomic E-state index is 13.0. The van der Waals surface area contributed by atoms with Gasteiger partial charge in [0.05, 0.1) is 0 Å². The van der Waals surface area contributed by atoms with Gasteiger partial charge < -0.3 is 9.80 Å². The largest absolute Gasteiger partial charge is 0.368 e. The van der Waals surface area contributed by atoms with Gasteiger partial charge in [0, 0.05) is 49.8 Å². The van der Waals surface area contributed by atoms with Gasteiger partial charge in [0.15, 0.2) is 5.82 Å². The first-order chi connectivity index (χ1) is 11.2. The van der Waals surface area contributed by atoms with E-state index in [1.807, 2.05) is 4.90 Å². The number of anilines is 1. The van der Waals surface area contributed by atoms with Crippen LogP contribution in [0.2, 0.25) is 0 Å². The van der Waals surface area contributed by atoms with Gasteiger partial charge in [-0.1, -0.05) is 0 Å². The Hall–Kier alpha value is -2.67. The third kappa shape index (κ3) is 3.40. The highest BCUT2D eigenvalue weighted by Gasteiger charge is 2.21. The molecule has 120 valence electrons. The van der Waals surface area contributed by atoms with Gasteiger partial charge in [-0.05, 0) is 41.6 Å². The molecular weight excluding hydrogens is 299 g/mol. The lowest BCUT2D eigenvalue weighted by Crippen LogP contribution is -2.45. The summed E-state index contributed by atoms with van der Waals surface area (Å²) in [6.45, 7) is 2.73. The number of nitrogens with zero attached hydrogens (tertiary/aromatic N) is 4. The third-order valence-electron chi connectivity index (χ3n) is 3.93. The predicted octanol–water partition coefficient (Wildman–Crippen LogP) is 2.66. The molecule has 2 aliphatic heterocycles. The molecule has 0 unspecified atom stereocenters. The summed E-state index contributed by atoms with van der Waals surface area (Å²) < 4.78 is 13.0. The van der Waals surface area contributed by atoms with Crippen molar-refractivity contribution in [1.82, 2.24) is 9.96 Å². The second kappa shape index (κ2) is 6.62. The van der Waals surface area contributed by atoms with Crippen LogP contribution in [0.1, 0.15) is 0 Å². The summed E-state index contributed by atoms with van der Waals surface area (Å²) >= 11 is 0. The minimum absolute atomic E-state index is 0.252. The fourth-order valence-electron chi connectivity index (χ4n) is 2.69. The number of allylic oxidation sites excluding steroid dienone is 3. The van der Waals surface area contributed by atoms with Crippen LogP contribution in [-0.4, -0.2) is 41.3 Å². The number of hydrogen-bond acceptors (Lipinski definition) is 6. The molecule has 1 N–H and O–H groups in total. The molecule has 0 radical (unpaired) electrons. The van der Waals surface area contributed by atoms with Crippen molar-refractivity contribution in [3.63, 3.8) is 0 Å². The first kappa shape index (κ1) is 15.2. The number of nitroso groups, excluding NO2 is 1. The molecule has 1 aromatic rings. The summed E-state index contributed by atoms with van der Waals surface area (Å²) in [7, 11) is 0. The average molecular weight is 316 g/mol. The third-order valence-corrected chi connectivity index (χ3v) is 3.93. The molecule has 0 saturated carbocycles. The monoisotopic (exact) mass is 316 g/mol. The molecule has 0 aromatic heterocycles. The van der Waals surface area contributed by atoms with Gasteiger partial charge in [0.25, 0.3) is 0 Å². The van der Waals surface area contributed by atoms with E-state index in [1.165, 1.54) is 24.5 Å². The van der Waals surface area contributed by atoms with E-state index in [2.05, 4.69) is 10.1 Å².